The van der Waals surface area contributed by atoms with E-state index in [2.05, 4.69) is 10.6 Å². The van der Waals surface area contributed by atoms with Gasteiger partial charge in [0.15, 0.2) is 0 Å². The van der Waals surface area contributed by atoms with E-state index in [0.29, 0.717) is 26.2 Å². The molecule has 2 atom stereocenters. The summed E-state index contributed by atoms with van der Waals surface area (Å²) in [6.07, 6.45) is -1.52. The molecular weight excluding hydrogens is 342 g/mol. The van der Waals surface area contributed by atoms with Crippen molar-refractivity contribution in [1.82, 2.24) is 15.5 Å². The Morgan fingerprint density at radius 2 is 2.00 bits per heavy atom. The summed E-state index contributed by atoms with van der Waals surface area (Å²) >= 11 is 0. The summed E-state index contributed by atoms with van der Waals surface area (Å²) in [7, 11) is 0. The van der Waals surface area contributed by atoms with Crippen LogP contribution < -0.4 is 10.6 Å². The molecule has 2 rings (SSSR count). The number of nitrogens with one attached hydrogen (secondary N) is 2. The van der Waals surface area contributed by atoms with Crippen molar-refractivity contribution >= 4 is 30.7 Å². The molecule has 9 heteroatoms. The highest BCUT2D eigenvalue weighted by molar-refractivity contribution is 5.85. The van der Waals surface area contributed by atoms with Gasteiger partial charge in [0.25, 0.3) is 0 Å². The molecule has 0 aromatic heterocycles. The van der Waals surface area contributed by atoms with Gasteiger partial charge in [0, 0.05) is 19.6 Å². The summed E-state index contributed by atoms with van der Waals surface area (Å²) in [6.45, 7) is 2.19. The summed E-state index contributed by atoms with van der Waals surface area (Å²) in [6, 6.07) is 0. The lowest BCUT2D eigenvalue weighted by molar-refractivity contribution is -0.143. The number of halogens is 5. The zero-order valence-corrected chi connectivity index (χ0v) is 14.0. The van der Waals surface area contributed by atoms with Crippen LogP contribution in [0.2, 0.25) is 0 Å². The Hall–Kier alpha value is -0.240. The largest absolute Gasteiger partial charge is 0.401 e. The second kappa shape index (κ2) is 9.80. The van der Waals surface area contributed by atoms with E-state index in [1.807, 2.05) is 0 Å². The standard InChI is InChI=1S/C13H22F3N3O.2ClH/c14-13(15,16)9-19-5-3-10(8-19)6-18-12(20)11-2-1-4-17-7-11;;/h10-11,17H,1-9H2,(H,18,20);2*1H/t10?,11-;;/m1../s1. The predicted octanol–water partition coefficient (Wildman–Crippen LogP) is 1.83. The number of likely N-dealkylation sites (tertiary alicyclic amines) is 1. The van der Waals surface area contributed by atoms with E-state index < -0.39 is 12.7 Å². The number of amides is 1. The van der Waals surface area contributed by atoms with Gasteiger partial charge in [-0.05, 0) is 38.3 Å². The van der Waals surface area contributed by atoms with Crippen LogP contribution in [-0.4, -0.2) is 56.3 Å². The number of carbonyl (C=O) groups is 1. The van der Waals surface area contributed by atoms with Crippen LogP contribution in [0.5, 0.6) is 0 Å². The maximum absolute atomic E-state index is 12.3. The molecule has 0 bridgehead atoms. The first kappa shape index (κ1) is 21.8. The SMILES string of the molecule is Cl.Cl.O=C(NCC1CCN(CC(F)(F)F)C1)[C@@H]1CCCNC1. The normalized spacial score (nSPS) is 26.0. The first-order valence-corrected chi connectivity index (χ1v) is 7.21. The number of rotatable bonds is 4. The Kier molecular flexibility index (Phi) is 9.69. The average molecular weight is 366 g/mol. The number of nitrogens with zero attached hydrogens (tertiary/aromatic N) is 1. The maximum Gasteiger partial charge on any atom is 0.401 e. The van der Waals surface area contributed by atoms with Crippen molar-refractivity contribution in [2.75, 3.05) is 39.3 Å². The highest BCUT2D eigenvalue weighted by Crippen LogP contribution is 2.22. The number of carbonyl (C=O) groups excluding carboxylic acids is 1. The van der Waals surface area contributed by atoms with Crippen LogP contribution in [0, 0.1) is 11.8 Å². The van der Waals surface area contributed by atoms with Crippen molar-refractivity contribution in [1.29, 1.82) is 0 Å². The van der Waals surface area contributed by atoms with E-state index in [-0.39, 0.29) is 42.6 Å². The van der Waals surface area contributed by atoms with Gasteiger partial charge in [-0.25, -0.2) is 0 Å². The molecule has 2 saturated heterocycles. The summed E-state index contributed by atoms with van der Waals surface area (Å²) in [5.74, 6) is 0.181. The van der Waals surface area contributed by atoms with Crippen LogP contribution in [0.1, 0.15) is 19.3 Å². The highest BCUT2D eigenvalue weighted by Gasteiger charge is 2.34. The second-order valence-corrected chi connectivity index (χ2v) is 5.79. The van der Waals surface area contributed by atoms with Crippen LogP contribution in [-0.2, 0) is 4.79 Å². The third kappa shape index (κ3) is 7.35. The van der Waals surface area contributed by atoms with Gasteiger partial charge >= 0.3 is 6.18 Å². The topological polar surface area (TPSA) is 44.4 Å². The summed E-state index contributed by atoms with van der Waals surface area (Å²) in [5.41, 5.74) is 0. The van der Waals surface area contributed by atoms with Gasteiger partial charge in [-0.2, -0.15) is 13.2 Å². The third-order valence-electron chi connectivity index (χ3n) is 4.01. The number of piperidine rings is 1. The van der Waals surface area contributed by atoms with Crippen molar-refractivity contribution in [3.63, 3.8) is 0 Å². The minimum atomic E-state index is -4.13. The predicted molar refractivity (Wildman–Crippen MR) is 83.7 cm³/mol. The summed E-state index contributed by atoms with van der Waals surface area (Å²) in [4.78, 5) is 13.3. The van der Waals surface area contributed by atoms with Gasteiger partial charge in [0.05, 0.1) is 12.5 Å². The van der Waals surface area contributed by atoms with E-state index >= 15 is 0 Å². The number of alkyl halides is 3. The Morgan fingerprint density at radius 1 is 1.27 bits per heavy atom. The smallest absolute Gasteiger partial charge is 0.355 e. The number of hydrogen-bond acceptors (Lipinski definition) is 3. The number of hydrogen-bond donors (Lipinski definition) is 2. The van der Waals surface area contributed by atoms with Crippen molar-refractivity contribution in [3.05, 3.63) is 0 Å². The molecule has 2 fully saturated rings. The molecule has 132 valence electrons. The van der Waals surface area contributed by atoms with Crippen molar-refractivity contribution in [3.8, 4) is 0 Å². The first-order chi connectivity index (χ1) is 9.44. The molecule has 2 aliphatic heterocycles. The van der Waals surface area contributed by atoms with Gasteiger partial charge in [0.2, 0.25) is 5.91 Å². The molecule has 2 aliphatic rings. The Morgan fingerprint density at radius 3 is 2.59 bits per heavy atom. The molecular formula is C13H24Cl2F3N3O. The maximum atomic E-state index is 12.3. The van der Waals surface area contributed by atoms with E-state index in [1.54, 1.807) is 0 Å². The molecule has 0 aromatic carbocycles. The molecule has 2 N–H and O–H groups in total. The minimum Gasteiger partial charge on any atom is -0.355 e. The molecule has 4 nitrogen and oxygen atoms in total. The van der Waals surface area contributed by atoms with E-state index in [9.17, 15) is 18.0 Å². The van der Waals surface area contributed by atoms with E-state index in [0.717, 1.165) is 25.8 Å². The van der Waals surface area contributed by atoms with Gasteiger partial charge in [-0.1, -0.05) is 0 Å². The molecule has 1 unspecified atom stereocenters. The van der Waals surface area contributed by atoms with Crippen LogP contribution >= 0.6 is 24.8 Å². The fourth-order valence-electron chi connectivity index (χ4n) is 2.94. The molecule has 0 radical (unpaired) electrons. The lowest BCUT2D eigenvalue weighted by Crippen LogP contribution is -2.42. The minimum absolute atomic E-state index is 0. The van der Waals surface area contributed by atoms with E-state index in [1.165, 1.54) is 4.90 Å². The summed E-state index contributed by atoms with van der Waals surface area (Å²) in [5, 5.41) is 6.07. The molecule has 0 saturated carbocycles. The molecule has 0 spiro atoms. The molecule has 1 amide bonds. The molecule has 0 aromatic rings. The monoisotopic (exact) mass is 365 g/mol. The fraction of sp³-hybridized carbons (Fsp3) is 0.923. The van der Waals surface area contributed by atoms with Gasteiger partial charge in [0.1, 0.15) is 0 Å². The molecule has 22 heavy (non-hydrogen) atoms. The van der Waals surface area contributed by atoms with Crippen molar-refractivity contribution in [2.24, 2.45) is 11.8 Å². The Bertz CT molecular complexity index is 339. The van der Waals surface area contributed by atoms with Crippen LogP contribution in [0.15, 0.2) is 0 Å². The second-order valence-electron chi connectivity index (χ2n) is 5.79. The fourth-order valence-corrected chi connectivity index (χ4v) is 2.94. The van der Waals surface area contributed by atoms with Crippen LogP contribution in [0.25, 0.3) is 0 Å². The lowest BCUT2D eigenvalue weighted by atomic mass is 9.98. The third-order valence-corrected chi connectivity index (χ3v) is 4.01. The van der Waals surface area contributed by atoms with Gasteiger partial charge in [-0.3, -0.25) is 9.69 Å². The van der Waals surface area contributed by atoms with Crippen LogP contribution in [0.3, 0.4) is 0 Å². The van der Waals surface area contributed by atoms with E-state index in [4.69, 9.17) is 0 Å². The zero-order chi connectivity index (χ0) is 14.6. The zero-order valence-electron chi connectivity index (χ0n) is 12.3. The van der Waals surface area contributed by atoms with Crippen molar-refractivity contribution in [2.45, 2.75) is 25.4 Å². The molecule has 0 aliphatic carbocycles. The van der Waals surface area contributed by atoms with Gasteiger partial charge < -0.3 is 10.6 Å². The van der Waals surface area contributed by atoms with Crippen molar-refractivity contribution < 1.29 is 18.0 Å². The lowest BCUT2D eigenvalue weighted by Gasteiger charge is -2.23. The highest BCUT2D eigenvalue weighted by atomic mass is 35.5. The van der Waals surface area contributed by atoms with Crippen LogP contribution in [0.4, 0.5) is 13.2 Å². The Balaban J connectivity index is 0.00000220. The molecule has 2 heterocycles. The van der Waals surface area contributed by atoms with Gasteiger partial charge in [-0.15, -0.1) is 24.8 Å². The summed E-state index contributed by atoms with van der Waals surface area (Å²) < 4.78 is 36.8. The average Bonchev–Trinajstić information content (AvgIpc) is 2.82. The Labute approximate surface area is 141 Å². The quantitative estimate of drug-likeness (QED) is 0.798. The first-order valence-electron chi connectivity index (χ1n) is 7.21.